The summed E-state index contributed by atoms with van der Waals surface area (Å²) in [6.45, 7) is 5.70. The zero-order chi connectivity index (χ0) is 11.1. The molecule has 1 N–H and O–H groups in total. The summed E-state index contributed by atoms with van der Waals surface area (Å²) in [4.78, 5) is 0. The lowest BCUT2D eigenvalue weighted by atomic mass is 9.99. The fraction of sp³-hybridized carbons (Fsp3) is 0.692. The first-order valence-corrected chi connectivity index (χ1v) is 6.06. The van der Waals surface area contributed by atoms with E-state index in [-0.39, 0.29) is 6.61 Å². The van der Waals surface area contributed by atoms with Gasteiger partial charge in [-0.1, -0.05) is 33.1 Å². The van der Waals surface area contributed by atoms with Crippen molar-refractivity contribution in [1.82, 2.24) is 4.57 Å². The zero-order valence-corrected chi connectivity index (χ0v) is 9.95. The van der Waals surface area contributed by atoms with Crippen molar-refractivity contribution in [1.29, 1.82) is 0 Å². The molecule has 2 heteroatoms. The number of hydrogen-bond donors (Lipinski definition) is 1. The molecule has 0 fully saturated rings. The highest BCUT2D eigenvalue weighted by molar-refractivity contribution is 5.05. The van der Waals surface area contributed by atoms with Crippen LogP contribution in [-0.4, -0.2) is 9.67 Å². The Balaban J connectivity index is 2.50. The minimum absolute atomic E-state index is 0.150. The lowest BCUT2D eigenvalue weighted by Crippen LogP contribution is -2.11. The van der Waals surface area contributed by atoms with Crippen molar-refractivity contribution in [3.63, 3.8) is 0 Å². The van der Waals surface area contributed by atoms with Crippen LogP contribution < -0.4 is 0 Å². The van der Waals surface area contributed by atoms with Gasteiger partial charge in [-0.05, 0) is 24.5 Å². The van der Waals surface area contributed by atoms with E-state index in [1.54, 1.807) is 0 Å². The van der Waals surface area contributed by atoms with Crippen molar-refractivity contribution in [2.24, 2.45) is 5.92 Å². The van der Waals surface area contributed by atoms with Crippen molar-refractivity contribution in [3.8, 4) is 0 Å². The monoisotopic (exact) mass is 209 g/mol. The lowest BCUT2D eigenvalue weighted by molar-refractivity contribution is 0.265. The Morgan fingerprint density at radius 3 is 2.80 bits per heavy atom. The predicted octanol–water partition coefficient (Wildman–Crippen LogP) is 3.20. The normalized spacial score (nSPS) is 13.0. The van der Waals surface area contributed by atoms with Crippen LogP contribution in [0.3, 0.4) is 0 Å². The molecule has 0 bridgehead atoms. The van der Waals surface area contributed by atoms with Gasteiger partial charge in [0.25, 0.3) is 0 Å². The number of aromatic nitrogens is 1. The second-order valence-electron chi connectivity index (χ2n) is 4.23. The molecule has 86 valence electrons. The Morgan fingerprint density at radius 1 is 1.40 bits per heavy atom. The van der Waals surface area contributed by atoms with Gasteiger partial charge in [0.15, 0.2) is 0 Å². The van der Waals surface area contributed by atoms with Crippen molar-refractivity contribution in [3.05, 3.63) is 24.0 Å². The molecule has 0 radical (unpaired) electrons. The molecular formula is C13H23NO. The third-order valence-electron chi connectivity index (χ3n) is 3.08. The van der Waals surface area contributed by atoms with E-state index in [9.17, 15) is 0 Å². The molecule has 1 aromatic heterocycles. The van der Waals surface area contributed by atoms with Gasteiger partial charge in [-0.2, -0.15) is 0 Å². The number of aliphatic hydroxyl groups excluding tert-OH is 1. The van der Waals surface area contributed by atoms with Gasteiger partial charge >= 0.3 is 0 Å². The standard InChI is InChI=1S/C13H23NO/c1-3-5-7-12(4-2)10-14-9-6-8-13(14)11-15/h6,8-9,12,15H,3-5,7,10-11H2,1-2H3. The molecule has 0 amide bonds. The molecule has 0 aromatic carbocycles. The molecule has 1 unspecified atom stereocenters. The second kappa shape index (κ2) is 6.67. The van der Waals surface area contributed by atoms with Crippen LogP contribution in [0, 0.1) is 5.92 Å². The highest BCUT2D eigenvalue weighted by atomic mass is 16.3. The first-order chi connectivity index (χ1) is 7.31. The average molecular weight is 209 g/mol. The summed E-state index contributed by atoms with van der Waals surface area (Å²) < 4.78 is 2.18. The number of unbranched alkanes of at least 4 members (excludes halogenated alkanes) is 1. The molecule has 0 saturated heterocycles. The number of hydrogen-bond acceptors (Lipinski definition) is 1. The molecule has 2 nitrogen and oxygen atoms in total. The first kappa shape index (κ1) is 12.3. The largest absolute Gasteiger partial charge is 0.390 e. The third kappa shape index (κ3) is 3.71. The molecule has 0 spiro atoms. The van der Waals surface area contributed by atoms with Crippen LogP contribution in [0.25, 0.3) is 0 Å². The van der Waals surface area contributed by atoms with E-state index in [0.29, 0.717) is 0 Å². The van der Waals surface area contributed by atoms with Gasteiger partial charge in [-0.15, -0.1) is 0 Å². The molecule has 1 aromatic rings. The van der Waals surface area contributed by atoms with Crippen molar-refractivity contribution < 1.29 is 5.11 Å². The van der Waals surface area contributed by atoms with E-state index >= 15 is 0 Å². The lowest BCUT2D eigenvalue weighted by Gasteiger charge is -2.17. The molecule has 1 atom stereocenters. The highest BCUT2D eigenvalue weighted by Crippen LogP contribution is 2.16. The minimum Gasteiger partial charge on any atom is -0.390 e. The SMILES string of the molecule is CCCCC(CC)Cn1cccc1CO. The molecule has 1 heterocycles. The molecule has 15 heavy (non-hydrogen) atoms. The molecule has 0 aliphatic heterocycles. The van der Waals surface area contributed by atoms with Crippen LogP contribution in [0.15, 0.2) is 18.3 Å². The minimum atomic E-state index is 0.150. The van der Waals surface area contributed by atoms with Crippen LogP contribution in [0.1, 0.15) is 45.2 Å². The van der Waals surface area contributed by atoms with Crippen LogP contribution >= 0.6 is 0 Å². The summed E-state index contributed by atoms with van der Waals surface area (Å²) in [5.74, 6) is 0.752. The maximum absolute atomic E-state index is 9.15. The quantitative estimate of drug-likeness (QED) is 0.733. The van der Waals surface area contributed by atoms with Gasteiger partial charge in [0, 0.05) is 18.4 Å². The number of aliphatic hydroxyl groups is 1. The Hall–Kier alpha value is -0.760. The van der Waals surface area contributed by atoms with Crippen molar-refractivity contribution >= 4 is 0 Å². The Kier molecular flexibility index (Phi) is 5.48. The summed E-state index contributed by atoms with van der Waals surface area (Å²) in [7, 11) is 0. The van der Waals surface area contributed by atoms with Crippen LogP contribution in [-0.2, 0) is 13.2 Å². The Labute approximate surface area is 92.9 Å². The Morgan fingerprint density at radius 2 is 2.20 bits per heavy atom. The van der Waals surface area contributed by atoms with E-state index in [0.717, 1.165) is 18.2 Å². The van der Waals surface area contributed by atoms with Gasteiger partial charge in [0.05, 0.1) is 6.61 Å². The smallest absolute Gasteiger partial charge is 0.0832 e. The average Bonchev–Trinajstić information content (AvgIpc) is 2.71. The fourth-order valence-electron chi connectivity index (χ4n) is 1.97. The van der Waals surface area contributed by atoms with Crippen LogP contribution in [0.4, 0.5) is 0 Å². The maximum atomic E-state index is 9.15. The van der Waals surface area contributed by atoms with Gasteiger partial charge in [-0.25, -0.2) is 0 Å². The van der Waals surface area contributed by atoms with Gasteiger partial charge in [0.1, 0.15) is 0 Å². The van der Waals surface area contributed by atoms with Gasteiger partial charge < -0.3 is 9.67 Å². The topological polar surface area (TPSA) is 25.2 Å². The third-order valence-corrected chi connectivity index (χ3v) is 3.08. The zero-order valence-electron chi connectivity index (χ0n) is 9.95. The van der Waals surface area contributed by atoms with E-state index in [4.69, 9.17) is 5.11 Å². The van der Waals surface area contributed by atoms with E-state index < -0.39 is 0 Å². The predicted molar refractivity (Wildman–Crippen MR) is 63.7 cm³/mol. The summed E-state index contributed by atoms with van der Waals surface area (Å²) in [6.07, 6.45) is 7.18. The highest BCUT2D eigenvalue weighted by Gasteiger charge is 2.08. The van der Waals surface area contributed by atoms with E-state index in [2.05, 4.69) is 24.6 Å². The Bertz CT molecular complexity index is 267. The summed E-state index contributed by atoms with van der Waals surface area (Å²) >= 11 is 0. The summed E-state index contributed by atoms with van der Waals surface area (Å²) in [5.41, 5.74) is 1.03. The summed E-state index contributed by atoms with van der Waals surface area (Å²) in [6, 6.07) is 4.00. The van der Waals surface area contributed by atoms with Gasteiger partial charge in [0.2, 0.25) is 0 Å². The van der Waals surface area contributed by atoms with Crippen LogP contribution in [0.2, 0.25) is 0 Å². The number of rotatable bonds is 7. The molecule has 1 rings (SSSR count). The van der Waals surface area contributed by atoms with Crippen LogP contribution in [0.5, 0.6) is 0 Å². The van der Waals surface area contributed by atoms with E-state index in [1.807, 2.05) is 12.1 Å². The van der Waals surface area contributed by atoms with Crippen molar-refractivity contribution in [2.75, 3.05) is 0 Å². The molecule has 0 aliphatic rings. The maximum Gasteiger partial charge on any atom is 0.0832 e. The molecule has 0 aliphatic carbocycles. The van der Waals surface area contributed by atoms with E-state index in [1.165, 1.54) is 25.7 Å². The summed E-state index contributed by atoms with van der Waals surface area (Å²) in [5, 5.41) is 9.15. The first-order valence-electron chi connectivity index (χ1n) is 6.06. The van der Waals surface area contributed by atoms with Gasteiger partial charge in [-0.3, -0.25) is 0 Å². The second-order valence-corrected chi connectivity index (χ2v) is 4.23. The molecule has 0 saturated carbocycles. The number of nitrogens with zero attached hydrogens (tertiary/aromatic N) is 1. The molecular weight excluding hydrogens is 186 g/mol. The van der Waals surface area contributed by atoms with Crippen molar-refractivity contribution in [2.45, 2.75) is 52.7 Å². The fourth-order valence-corrected chi connectivity index (χ4v) is 1.97.